The van der Waals surface area contributed by atoms with E-state index in [0.29, 0.717) is 6.42 Å². The first-order chi connectivity index (χ1) is 12.5. The van der Waals surface area contributed by atoms with E-state index in [1.54, 1.807) is 7.11 Å². The Kier molecular flexibility index (Phi) is 5.83. The van der Waals surface area contributed by atoms with Crippen molar-refractivity contribution < 1.29 is 9.53 Å². The van der Waals surface area contributed by atoms with Crippen molar-refractivity contribution in [3.8, 4) is 5.75 Å². The SMILES string of the molecule is COc1ccc2c(c1)C(CCN(C)C)(Cc1ccccc1)C(=O)C(Br)C2. The fourth-order valence-corrected chi connectivity index (χ4v) is 4.70. The zero-order valence-corrected chi connectivity index (χ0v) is 17.3. The van der Waals surface area contributed by atoms with Crippen LogP contribution in [-0.2, 0) is 23.1 Å². The molecule has 1 aliphatic carbocycles. The Labute approximate surface area is 164 Å². The molecule has 0 fully saturated rings. The number of methoxy groups -OCH3 is 1. The first-order valence-corrected chi connectivity index (χ1v) is 9.92. The van der Waals surface area contributed by atoms with E-state index in [0.717, 1.165) is 30.7 Å². The van der Waals surface area contributed by atoms with Gasteiger partial charge in [0.1, 0.15) is 5.75 Å². The lowest BCUT2D eigenvalue weighted by molar-refractivity contribution is -0.125. The molecule has 0 N–H and O–H groups in total. The molecule has 4 heteroatoms. The minimum atomic E-state index is -0.540. The second kappa shape index (κ2) is 7.93. The van der Waals surface area contributed by atoms with Gasteiger partial charge in [-0.15, -0.1) is 0 Å². The fraction of sp³-hybridized carbons (Fsp3) is 0.409. The summed E-state index contributed by atoms with van der Waals surface area (Å²) >= 11 is 3.66. The fourth-order valence-electron chi connectivity index (χ4n) is 3.91. The van der Waals surface area contributed by atoms with Crippen LogP contribution in [0.3, 0.4) is 0 Å². The number of rotatable bonds is 6. The first-order valence-electron chi connectivity index (χ1n) is 9.01. The Morgan fingerprint density at radius 1 is 1.19 bits per heavy atom. The van der Waals surface area contributed by atoms with Gasteiger partial charge in [0, 0.05) is 0 Å². The van der Waals surface area contributed by atoms with Crippen molar-refractivity contribution in [2.24, 2.45) is 0 Å². The summed E-state index contributed by atoms with van der Waals surface area (Å²) < 4.78 is 5.48. The molecule has 0 saturated carbocycles. The second-order valence-electron chi connectivity index (χ2n) is 7.36. The number of ketones is 1. The molecular weight excluding hydrogens is 390 g/mol. The molecule has 2 unspecified atom stereocenters. The van der Waals surface area contributed by atoms with Crippen molar-refractivity contribution in [2.75, 3.05) is 27.7 Å². The predicted molar refractivity (Wildman–Crippen MR) is 109 cm³/mol. The van der Waals surface area contributed by atoms with Gasteiger partial charge in [-0.25, -0.2) is 0 Å². The third kappa shape index (κ3) is 3.72. The standard InChI is InChI=1S/C22H26BrNO2/c1-24(2)12-11-22(15-16-7-5-4-6-8-16)19-14-18(26-3)10-9-17(19)13-20(23)21(22)25/h4-10,14,20H,11-13,15H2,1-3H3. The molecule has 1 aliphatic rings. The summed E-state index contributed by atoms with van der Waals surface area (Å²) in [6.45, 7) is 0.856. The van der Waals surface area contributed by atoms with Crippen molar-refractivity contribution in [1.29, 1.82) is 0 Å². The number of Topliss-reactive ketones (excluding diaryl/α,β-unsaturated/α-hetero) is 1. The number of fused-ring (bicyclic) bond motifs is 1. The molecule has 0 aliphatic heterocycles. The maximum absolute atomic E-state index is 13.5. The van der Waals surface area contributed by atoms with Crippen LogP contribution in [0.15, 0.2) is 48.5 Å². The van der Waals surface area contributed by atoms with Crippen LogP contribution in [0.4, 0.5) is 0 Å². The Morgan fingerprint density at radius 3 is 2.58 bits per heavy atom. The van der Waals surface area contributed by atoms with Crippen molar-refractivity contribution in [3.05, 3.63) is 65.2 Å². The van der Waals surface area contributed by atoms with Crippen LogP contribution in [0.25, 0.3) is 0 Å². The summed E-state index contributed by atoms with van der Waals surface area (Å²) in [7, 11) is 5.79. The molecule has 0 spiro atoms. The summed E-state index contributed by atoms with van der Waals surface area (Å²) in [6, 6.07) is 16.5. The predicted octanol–water partition coefficient (Wildman–Crippen LogP) is 4.02. The lowest BCUT2D eigenvalue weighted by Gasteiger charge is -2.41. The molecule has 0 radical (unpaired) electrons. The largest absolute Gasteiger partial charge is 0.497 e. The highest BCUT2D eigenvalue weighted by Crippen LogP contribution is 2.43. The molecule has 0 saturated heterocycles. The van der Waals surface area contributed by atoms with Crippen molar-refractivity contribution in [3.63, 3.8) is 0 Å². The van der Waals surface area contributed by atoms with Gasteiger partial charge in [0.05, 0.1) is 17.4 Å². The minimum Gasteiger partial charge on any atom is -0.497 e. The zero-order valence-electron chi connectivity index (χ0n) is 15.7. The minimum absolute atomic E-state index is 0.144. The van der Waals surface area contributed by atoms with Crippen LogP contribution in [0, 0.1) is 0 Å². The number of nitrogens with zero attached hydrogens (tertiary/aromatic N) is 1. The Balaban J connectivity index is 2.15. The van der Waals surface area contributed by atoms with Gasteiger partial charge in [0.15, 0.2) is 5.78 Å². The van der Waals surface area contributed by atoms with Crippen LogP contribution in [0.2, 0.25) is 0 Å². The molecule has 0 aromatic heterocycles. The van der Waals surface area contributed by atoms with E-state index in [2.05, 4.69) is 59.2 Å². The number of halogens is 1. The van der Waals surface area contributed by atoms with Gasteiger partial charge in [-0.3, -0.25) is 4.79 Å². The Hall–Kier alpha value is -1.65. The number of benzene rings is 2. The van der Waals surface area contributed by atoms with Gasteiger partial charge in [-0.05, 0) is 68.7 Å². The van der Waals surface area contributed by atoms with E-state index < -0.39 is 5.41 Å². The maximum Gasteiger partial charge on any atom is 0.157 e. The average molecular weight is 416 g/mol. The number of carbonyl (C=O) groups is 1. The number of carbonyl (C=O) groups excluding carboxylic acids is 1. The summed E-state index contributed by atoms with van der Waals surface area (Å²) in [5.41, 5.74) is 3.02. The first kappa shape index (κ1) is 19.1. The normalized spacial score (nSPS) is 22.3. The molecule has 3 nitrogen and oxygen atoms in total. The van der Waals surface area contributed by atoms with Gasteiger partial charge in [-0.1, -0.05) is 52.3 Å². The molecule has 26 heavy (non-hydrogen) atoms. The van der Waals surface area contributed by atoms with Crippen LogP contribution in [0.1, 0.15) is 23.1 Å². The lowest BCUT2D eigenvalue weighted by atomic mass is 9.64. The zero-order chi connectivity index (χ0) is 18.7. The highest BCUT2D eigenvalue weighted by atomic mass is 79.9. The molecule has 3 rings (SSSR count). The molecule has 2 aromatic rings. The molecule has 2 atom stereocenters. The molecule has 138 valence electrons. The van der Waals surface area contributed by atoms with Gasteiger partial charge >= 0.3 is 0 Å². The Bertz CT molecular complexity index is 775. The summed E-state index contributed by atoms with van der Waals surface area (Å²) in [4.78, 5) is 15.5. The van der Waals surface area contributed by atoms with Gasteiger partial charge in [0.25, 0.3) is 0 Å². The summed E-state index contributed by atoms with van der Waals surface area (Å²) in [5.74, 6) is 1.09. The highest BCUT2D eigenvalue weighted by Gasteiger charge is 2.47. The third-order valence-electron chi connectivity index (χ3n) is 5.32. The van der Waals surface area contributed by atoms with E-state index in [1.807, 2.05) is 24.3 Å². The van der Waals surface area contributed by atoms with E-state index in [9.17, 15) is 4.79 Å². The van der Waals surface area contributed by atoms with Crippen molar-refractivity contribution in [2.45, 2.75) is 29.5 Å². The number of hydrogen-bond acceptors (Lipinski definition) is 3. The summed E-state index contributed by atoms with van der Waals surface area (Å²) in [5, 5.41) is 0. The van der Waals surface area contributed by atoms with Crippen molar-refractivity contribution in [1.82, 2.24) is 4.90 Å². The monoisotopic (exact) mass is 415 g/mol. The molecular formula is C22H26BrNO2. The van der Waals surface area contributed by atoms with Gasteiger partial charge < -0.3 is 9.64 Å². The van der Waals surface area contributed by atoms with E-state index >= 15 is 0 Å². The highest BCUT2D eigenvalue weighted by molar-refractivity contribution is 9.10. The molecule has 0 amide bonds. The van der Waals surface area contributed by atoms with Gasteiger partial charge in [-0.2, -0.15) is 0 Å². The maximum atomic E-state index is 13.5. The second-order valence-corrected chi connectivity index (χ2v) is 8.46. The number of hydrogen-bond donors (Lipinski definition) is 0. The smallest absolute Gasteiger partial charge is 0.157 e. The van der Waals surface area contributed by atoms with E-state index in [-0.39, 0.29) is 10.6 Å². The van der Waals surface area contributed by atoms with Crippen LogP contribution < -0.4 is 4.74 Å². The van der Waals surface area contributed by atoms with E-state index in [1.165, 1.54) is 11.1 Å². The number of alkyl halides is 1. The average Bonchev–Trinajstić information content (AvgIpc) is 2.65. The molecule has 0 bridgehead atoms. The molecule has 0 heterocycles. The Morgan fingerprint density at radius 2 is 1.92 bits per heavy atom. The summed E-state index contributed by atoms with van der Waals surface area (Å²) in [6.07, 6.45) is 2.23. The van der Waals surface area contributed by atoms with Gasteiger partial charge in [0.2, 0.25) is 0 Å². The van der Waals surface area contributed by atoms with Crippen LogP contribution in [-0.4, -0.2) is 43.3 Å². The quantitative estimate of drug-likeness (QED) is 0.667. The third-order valence-corrected chi connectivity index (χ3v) is 6.06. The number of ether oxygens (including phenoxy) is 1. The lowest BCUT2D eigenvalue weighted by Crippen LogP contribution is -2.48. The van der Waals surface area contributed by atoms with Crippen LogP contribution >= 0.6 is 15.9 Å². The van der Waals surface area contributed by atoms with Crippen LogP contribution in [0.5, 0.6) is 5.75 Å². The van der Waals surface area contributed by atoms with Crippen molar-refractivity contribution >= 4 is 21.7 Å². The topological polar surface area (TPSA) is 29.5 Å². The molecule has 2 aromatic carbocycles. The van der Waals surface area contributed by atoms with E-state index in [4.69, 9.17) is 4.74 Å².